The zero-order valence-electron chi connectivity index (χ0n) is 20.7. The van der Waals surface area contributed by atoms with Crippen LogP contribution in [0, 0.1) is 0 Å². The number of carbonyl (C=O) groups excluding carboxylic acids is 1. The number of benzene rings is 1. The van der Waals surface area contributed by atoms with Crippen LogP contribution in [0.15, 0.2) is 41.5 Å². The van der Waals surface area contributed by atoms with Gasteiger partial charge in [0.15, 0.2) is 0 Å². The monoisotopic (exact) mass is 494 g/mol. The molecule has 0 saturated carbocycles. The predicted molar refractivity (Wildman–Crippen MR) is 129 cm³/mol. The second-order valence-electron chi connectivity index (χ2n) is 9.67. The minimum Gasteiger partial charge on any atom is -0.496 e. The van der Waals surface area contributed by atoms with E-state index < -0.39 is 29.9 Å². The fraction of sp³-hybridized carbons (Fsp3) is 0.560. The van der Waals surface area contributed by atoms with Gasteiger partial charge in [-0.1, -0.05) is 17.7 Å². The number of halogens is 1. The number of aliphatic hydroxyl groups excluding tert-OH is 1. The summed E-state index contributed by atoms with van der Waals surface area (Å²) in [6, 6.07) is 5.44. The van der Waals surface area contributed by atoms with Crippen LogP contribution in [-0.4, -0.2) is 60.6 Å². The minimum absolute atomic E-state index is 0.335. The van der Waals surface area contributed by atoms with Crippen LogP contribution in [0.1, 0.15) is 46.1 Å². The van der Waals surface area contributed by atoms with Crippen LogP contribution in [0.4, 0.5) is 4.79 Å². The molecule has 8 nitrogen and oxygen atoms in total. The van der Waals surface area contributed by atoms with E-state index in [1.165, 1.54) is 7.11 Å². The average Bonchev–Trinajstić information content (AvgIpc) is 2.76. The largest absolute Gasteiger partial charge is 0.496 e. The number of piperidine rings is 1. The van der Waals surface area contributed by atoms with Gasteiger partial charge in [0.25, 0.3) is 0 Å². The first-order valence-electron chi connectivity index (χ1n) is 11.3. The summed E-state index contributed by atoms with van der Waals surface area (Å²) in [5.74, 6) is 0.719. The van der Waals surface area contributed by atoms with Gasteiger partial charge in [0, 0.05) is 24.2 Å². The third-order valence-electron chi connectivity index (χ3n) is 5.76. The Morgan fingerprint density at radius 3 is 2.74 bits per heavy atom. The van der Waals surface area contributed by atoms with Gasteiger partial charge in [-0.15, -0.1) is 0 Å². The fourth-order valence-corrected chi connectivity index (χ4v) is 4.29. The van der Waals surface area contributed by atoms with Gasteiger partial charge in [0.2, 0.25) is 6.41 Å². The van der Waals surface area contributed by atoms with Crippen molar-refractivity contribution in [3.05, 3.63) is 52.1 Å². The van der Waals surface area contributed by atoms with Gasteiger partial charge in [-0.25, -0.2) is 10.1 Å². The number of carbonyl (C=O) groups is 1. The third-order valence-corrected chi connectivity index (χ3v) is 5.99. The van der Waals surface area contributed by atoms with Crippen molar-refractivity contribution in [3.63, 3.8) is 0 Å². The van der Waals surface area contributed by atoms with Gasteiger partial charge in [-0.2, -0.15) is 0 Å². The number of rotatable bonds is 7. The lowest BCUT2D eigenvalue weighted by Gasteiger charge is -2.43. The number of aliphatic hydroxyl groups is 1. The number of nitrogens with one attached hydrogen (secondary N) is 1. The molecule has 0 bridgehead atoms. The van der Waals surface area contributed by atoms with E-state index >= 15 is 0 Å². The van der Waals surface area contributed by atoms with E-state index in [0.29, 0.717) is 31.0 Å². The number of ether oxygens (including phenoxy) is 4. The van der Waals surface area contributed by atoms with Crippen LogP contribution in [0.25, 0.3) is 0 Å². The topological polar surface area (TPSA) is 89.5 Å². The summed E-state index contributed by atoms with van der Waals surface area (Å²) >= 11 is 6.16. The molecular weight excluding hydrogens is 460 g/mol. The molecule has 9 heteroatoms. The first-order valence-corrected chi connectivity index (χ1v) is 11.7. The highest BCUT2D eigenvalue weighted by Crippen LogP contribution is 2.38. The summed E-state index contributed by atoms with van der Waals surface area (Å²) < 4.78 is 22.3. The molecule has 1 aliphatic heterocycles. The Kier molecular flexibility index (Phi) is 8.31. The van der Waals surface area contributed by atoms with Crippen LogP contribution in [-0.2, 0) is 20.8 Å². The van der Waals surface area contributed by atoms with E-state index in [9.17, 15) is 9.90 Å². The molecule has 1 fully saturated rings. The smallest absolute Gasteiger partial charge is 0.411 e. The van der Waals surface area contributed by atoms with Gasteiger partial charge < -0.3 is 24.1 Å². The number of hydrogen-bond acceptors (Lipinski definition) is 7. The molecule has 1 aromatic rings. The number of fused-ring (bicyclic) bond motifs is 1. The summed E-state index contributed by atoms with van der Waals surface area (Å²) in [6.07, 6.45) is 3.06. The summed E-state index contributed by atoms with van der Waals surface area (Å²) in [7, 11) is 3.01. The lowest BCUT2D eigenvalue weighted by molar-refractivity contribution is -0.112. The van der Waals surface area contributed by atoms with Crippen LogP contribution in [0.5, 0.6) is 5.75 Å². The number of nitrogens with zero attached hydrogens (tertiary/aromatic N) is 1. The van der Waals surface area contributed by atoms with Crippen molar-refractivity contribution in [3.8, 4) is 5.75 Å². The van der Waals surface area contributed by atoms with Gasteiger partial charge in [0.05, 0.1) is 19.3 Å². The molecule has 0 spiro atoms. The molecule has 1 heterocycles. The molecule has 1 aromatic carbocycles. The van der Waals surface area contributed by atoms with Crippen LogP contribution in [0.2, 0.25) is 5.02 Å². The molecule has 0 aromatic heterocycles. The number of hydrogen-bond donors (Lipinski definition) is 2. The Balaban J connectivity index is 1.80. The highest BCUT2D eigenvalue weighted by Gasteiger charge is 2.39. The van der Waals surface area contributed by atoms with Crippen molar-refractivity contribution in [2.75, 3.05) is 20.8 Å². The van der Waals surface area contributed by atoms with Crippen molar-refractivity contribution in [1.82, 2.24) is 10.2 Å². The maximum absolute atomic E-state index is 12.9. The second kappa shape index (κ2) is 10.7. The normalized spacial score (nSPS) is 23.5. The van der Waals surface area contributed by atoms with Gasteiger partial charge >= 0.3 is 6.09 Å². The van der Waals surface area contributed by atoms with Crippen molar-refractivity contribution in [1.29, 1.82) is 0 Å². The van der Waals surface area contributed by atoms with E-state index in [1.54, 1.807) is 18.1 Å². The maximum Gasteiger partial charge on any atom is 0.411 e. The van der Waals surface area contributed by atoms with Gasteiger partial charge in [-0.3, -0.25) is 4.90 Å². The Hall–Kier alpha value is -2.10. The Morgan fingerprint density at radius 2 is 2.09 bits per heavy atom. The molecule has 3 atom stereocenters. The molecule has 1 aliphatic carbocycles. The summed E-state index contributed by atoms with van der Waals surface area (Å²) in [5.41, 5.74) is 1.63. The Morgan fingerprint density at radius 1 is 1.35 bits per heavy atom. The lowest BCUT2D eigenvalue weighted by atomic mass is 9.83. The average molecular weight is 495 g/mol. The fourth-order valence-electron chi connectivity index (χ4n) is 4.10. The number of amides is 1. The predicted octanol–water partition coefficient (Wildman–Crippen LogP) is 4.36. The Labute approximate surface area is 206 Å². The Bertz CT molecular complexity index is 957. The summed E-state index contributed by atoms with van der Waals surface area (Å²) in [4.78, 5) is 14.5. The standard InChI is InChI=1S/C25H35ClN2O6/c1-24(2,3)34-23(30)28-12-10-16-14-25(4,11-9-19(16)21(28)27-22(29)32-6)33-15-17-13-18(26)7-8-20(17)31-5/h7-9,13-14,21-22,27,29H,10-12,15H2,1-6H3/t21-,22?,25?/m1/s1. The van der Waals surface area contributed by atoms with Crippen molar-refractivity contribution >= 4 is 17.7 Å². The van der Waals surface area contributed by atoms with Crippen LogP contribution >= 0.6 is 11.6 Å². The molecule has 1 saturated heterocycles. The van der Waals surface area contributed by atoms with E-state index in [4.69, 9.17) is 30.5 Å². The molecule has 1 amide bonds. The molecule has 188 valence electrons. The zero-order valence-corrected chi connectivity index (χ0v) is 21.4. The van der Waals surface area contributed by atoms with Gasteiger partial charge in [-0.05, 0) is 76.0 Å². The lowest BCUT2D eigenvalue weighted by Crippen LogP contribution is -2.57. The number of methoxy groups -OCH3 is 2. The molecule has 2 aliphatic rings. The molecular formula is C25H35ClN2O6. The zero-order chi connectivity index (χ0) is 25.1. The summed E-state index contributed by atoms with van der Waals surface area (Å²) in [5, 5.41) is 13.7. The van der Waals surface area contributed by atoms with E-state index in [-0.39, 0.29) is 0 Å². The second-order valence-corrected chi connectivity index (χ2v) is 10.1. The molecule has 0 radical (unpaired) electrons. The first kappa shape index (κ1) is 26.5. The summed E-state index contributed by atoms with van der Waals surface area (Å²) in [6.45, 7) is 8.25. The molecule has 2 N–H and O–H groups in total. The quantitative estimate of drug-likeness (QED) is 0.544. The molecule has 34 heavy (non-hydrogen) atoms. The van der Waals surface area contributed by atoms with E-state index in [0.717, 1.165) is 22.5 Å². The van der Waals surface area contributed by atoms with Crippen LogP contribution in [0.3, 0.4) is 0 Å². The molecule has 3 rings (SSSR count). The first-order chi connectivity index (χ1) is 15.9. The number of likely N-dealkylation sites (tertiary alicyclic amines) is 1. The SMILES string of the molecule is COc1ccc(Cl)cc1COC1(C)C=C2CCN(C(=O)OC(C)(C)C)[C@@H](NC(O)OC)C2=CC1. The third kappa shape index (κ3) is 6.52. The van der Waals surface area contributed by atoms with E-state index in [1.807, 2.05) is 45.9 Å². The molecule has 2 unspecified atom stereocenters. The van der Waals surface area contributed by atoms with E-state index in [2.05, 4.69) is 11.4 Å². The van der Waals surface area contributed by atoms with Gasteiger partial charge in [0.1, 0.15) is 17.5 Å². The maximum atomic E-state index is 12.9. The van der Waals surface area contributed by atoms with Crippen molar-refractivity contribution in [2.45, 2.75) is 70.9 Å². The van der Waals surface area contributed by atoms with Crippen molar-refractivity contribution < 1.29 is 28.8 Å². The highest BCUT2D eigenvalue weighted by molar-refractivity contribution is 6.30. The van der Waals surface area contributed by atoms with Crippen LogP contribution < -0.4 is 10.1 Å². The highest BCUT2D eigenvalue weighted by atomic mass is 35.5. The minimum atomic E-state index is -1.24. The van der Waals surface area contributed by atoms with Crippen molar-refractivity contribution in [2.24, 2.45) is 0 Å².